The molecule has 0 aliphatic carbocycles. The number of imidazole rings is 1. The number of para-hydroxylation sites is 2. The van der Waals surface area contributed by atoms with Crippen molar-refractivity contribution in [1.29, 1.82) is 0 Å². The number of carbonyl (C=O) groups excluding carboxylic acids is 1. The molecule has 19 heavy (non-hydrogen) atoms. The molecule has 0 atom stereocenters. The molecule has 0 unspecified atom stereocenters. The van der Waals surface area contributed by atoms with Gasteiger partial charge in [0.15, 0.2) is 17.1 Å². The molecule has 0 N–H and O–H groups in total. The highest BCUT2D eigenvalue weighted by atomic mass is 16.5. The highest BCUT2D eigenvalue weighted by molar-refractivity contribution is 5.87. The van der Waals surface area contributed by atoms with Gasteiger partial charge in [0.25, 0.3) is 5.91 Å². The number of benzene rings is 1. The van der Waals surface area contributed by atoms with Crippen LogP contribution in [0.3, 0.4) is 0 Å². The van der Waals surface area contributed by atoms with E-state index in [9.17, 15) is 4.79 Å². The molecule has 0 radical (unpaired) electrons. The predicted molar refractivity (Wildman–Crippen MR) is 70.6 cm³/mol. The number of hydrogen-bond acceptors (Lipinski definition) is 4. The second kappa shape index (κ2) is 5.14. The summed E-state index contributed by atoms with van der Waals surface area (Å²) in [6.07, 6.45) is 4.60. The summed E-state index contributed by atoms with van der Waals surface area (Å²) >= 11 is 0. The number of ether oxygens (including phenoxy) is 2. The average Bonchev–Trinajstić information content (AvgIpc) is 2.91. The summed E-state index contributed by atoms with van der Waals surface area (Å²) in [4.78, 5) is 16.1. The maximum Gasteiger partial charge on any atom is 0.275 e. The van der Waals surface area contributed by atoms with E-state index in [4.69, 9.17) is 9.47 Å². The normalized spacial score (nSPS) is 11.1. The van der Waals surface area contributed by atoms with Gasteiger partial charge in [-0.05, 0) is 26.0 Å². The van der Waals surface area contributed by atoms with Gasteiger partial charge in [-0.2, -0.15) is 0 Å². The highest BCUT2D eigenvalue weighted by Crippen LogP contribution is 2.29. The van der Waals surface area contributed by atoms with Gasteiger partial charge in [-0.15, -0.1) is 0 Å². The van der Waals surface area contributed by atoms with Crippen LogP contribution in [-0.2, 0) is 0 Å². The molecule has 2 aromatic rings. The molecule has 0 spiro atoms. The van der Waals surface area contributed by atoms with Crippen molar-refractivity contribution in [3.8, 4) is 11.5 Å². The molecule has 0 saturated carbocycles. The van der Waals surface area contributed by atoms with Crippen LogP contribution in [0.1, 0.15) is 18.6 Å². The summed E-state index contributed by atoms with van der Waals surface area (Å²) < 4.78 is 12.4. The Balaban J connectivity index is 2.23. The number of nitrogens with zero attached hydrogens (tertiary/aromatic N) is 2. The number of methoxy groups -OCH3 is 1. The lowest BCUT2D eigenvalue weighted by atomic mass is 10.1. The zero-order chi connectivity index (χ0) is 13.9. The smallest absolute Gasteiger partial charge is 0.275 e. The molecule has 0 amide bonds. The van der Waals surface area contributed by atoms with Crippen LogP contribution in [0, 0.1) is 0 Å². The highest BCUT2D eigenvalue weighted by Gasteiger charge is 2.32. The molecule has 0 saturated heterocycles. The fourth-order valence-corrected chi connectivity index (χ4v) is 1.71. The standard InChI is InChI=1S/C14H16N2O3/c1-14(2,13(17)16-9-8-15-10-16)19-12-7-5-4-6-11(12)18-3/h4-10H,1-3H3. The monoisotopic (exact) mass is 260 g/mol. The zero-order valence-electron chi connectivity index (χ0n) is 11.2. The minimum absolute atomic E-state index is 0.198. The molecule has 1 heterocycles. The molecule has 5 nitrogen and oxygen atoms in total. The van der Waals surface area contributed by atoms with Crippen LogP contribution in [0.15, 0.2) is 43.0 Å². The average molecular weight is 260 g/mol. The third-order valence-electron chi connectivity index (χ3n) is 2.69. The Morgan fingerprint density at radius 1 is 1.26 bits per heavy atom. The summed E-state index contributed by atoms with van der Waals surface area (Å²) in [5, 5.41) is 0. The lowest BCUT2D eigenvalue weighted by molar-refractivity contribution is 0.0479. The van der Waals surface area contributed by atoms with Crippen LogP contribution in [0.5, 0.6) is 11.5 Å². The van der Waals surface area contributed by atoms with Crippen LogP contribution < -0.4 is 9.47 Å². The third-order valence-corrected chi connectivity index (χ3v) is 2.69. The first kappa shape index (κ1) is 13.1. The Morgan fingerprint density at radius 2 is 1.95 bits per heavy atom. The number of aromatic nitrogens is 2. The van der Waals surface area contributed by atoms with Crippen molar-refractivity contribution < 1.29 is 14.3 Å². The van der Waals surface area contributed by atoms with E-state index in [1.807, 2.05) is 12.1 Å². The molecular weight excluding hydrogens is 244 g/mol. The van der Waals surface area contributed by atoms with Crippen LogP contribution in [-0.4, -0.2) is 28.2 Å². The topological polar surface area (TPSA) is 53.4 Å². The Kier molecular flexibility index (Phi) is 3.55. The maximum atomic E-state index is 12.3. The fraction of sp³-hybridized carbons (Fsp3) is 0.286. The molecular formula is C14H16N2O3. The first-order valence-electron chi connectivity index (χ1n) is 5.89. The molecule has 5 heteroatoms. The Hall–Kier alpha value is -2.30. The quantitative estimate of drug-likeness (QED) is 0.847. The van der Waals surface area contributed by atoms with Crippen molar-refractivity contribution in [2.75, 3.05) is 7.11 Å². The minimum atomic E-state index is -1.02. The van der Waals surface area contributed by atoms with E-state index < -0.39 is 5.60 Å². The second-order valence-electron chi connectivity index (χ2n) is 4.54. The lowest BCUT2D eigenvalue weighted by Crippen LogP contribution is -2.41. The van der Waals surface area contributed by atoms with Crippen molar-refractivity contribution in [2.24, 2.45) is 0 Å². The fourth-order valence-electron chi connectivity index (χ4n) is 1.71. The van der Waals surface area contributed by atoms with Crippen molar-refractivity contribution >= 4 is 5.91 Å². The van der Waals surface area contributed by atoms with Crippen molar-refractivity contribution in [3.05, 3.63) is 43.0 Å². The molecule has 0 aliphatic rings. The van der Waals surface area contributed by atoms with Crippen molar-refractivity contribution in [3.63, 3.8) is 0 Å². The molecule has 0 bridgehead atoms. The molecule has 100 valence electrons. The van der Waals surface area contributed by atoms with Crippen molar-refractivity contribution in [1.82, 2.24) is 9.55 Å². The summed E-state index contributed by atoms with van der Waals surface area (Å²) in [5.74, 6) is 0.924. The van der Waals surface area contributed by atoms with Gasteiger partial charge in [0, 0.05) is 12.4 Å². The van der Waals surface area contributed by atoms with E-state index in [2.05, 4.69) is 4.98 Å². The molecule has 0 aliphatic heterocycles. The summed E-state index contributed by atoms with van der Waals surface area (Å²) in [5.41, 5.74) is -1.02. The maximum absolute atomic E-state index is 12.3. The third kappa shape index (κ3) is 2.76. The van der Waals surface area contributed by atoms with Gasteiger partial charge in [-0.25, -0.2) is 4.98 Å². The van der Waals surface area contributed by atoms with Crippen LogP contribution >= 0.6 is 0 Å². The molecule has 0 fully saturated rings. The summed E-state index contributed by atoms with van der Waals surface area (Å²) in [6, 6.07) is 7.22. The molecule has 1 aromatic carbocycles. The number of rotatable bonds is 4. The van der Waals surface area contributed by atoms with Gasteiger partial charge in [-0.1, -0.05) is 12.1 Å². The van der Waals surface area contributed by atoms with Crippen molar-refractivity contribution in [2.45, 2.75) is 19.4 Å². The SMILES string of the molecule is COc1ccccc1OC(C)(C)C(=O)n1ccnc1. The Bertz CT molecular complexity index is 562. The summed E-state index contributed by atoms with van der Waals surface area (Å²) in [7, 11) is 1.56. The molecule has 2 rings (SSSR count). The van der Waals surface area contributed by atoms with Crippen LogP contribution in [0.4, 0.5) is 0 Å². The van der Waals surface area contributed by atoms with Gasteiger partial charge < -0.3 is 9.47 Å². The Morgan fingerprint density at radius 3 is 2.53 bits per heavy atom. The first-order chi connectivity index (χ1) is 9.04. The minimum Gasteiger partial charge on any atom is -0.493 e. The van der Waals surface area contributed by atoms with Gasteiger partial charge in [0.1, 0.15) is 6.33 Å². The van der Waals surface area contributed by atoms with Gasteiger partial charge in [0.2, 0.25) is 0 Å². The van der Waals surface area contributed by atoms with E-state index >= 15 is 0 Å². The summed E-state index contributed by atoms with van der Waals surface area (Å²) in [6.45, 7) is 3.42. The molecule has 1 aromatic heterocycles. The predicted octanol–water partition coefficient (Wildman–Crippen LogP) is 2.39. The van der Waals surface area contributed by atoms with E-state index in [0.717, 1.165) is 0 Å². The van der Waals surface area contributed by atoms with E-state index in [1.165, 1.54) is 10.9 Å². The van der Waals surface area contributed by atoms with Gasteiger partial charge in [0.05, 0.1) is 7.11 Å². The van der Waals surface area contributed by atoms with E-state index in [1.54, 1.807) is 45.5 Å². The van der Waals surface area contributed by atoms with Gasteiger partial charge >= 0.3 is 0 Å². The second-order valence-corrected chi connectivity index (χ2v) is 4.54. The first-order valence-corrected chi connectivity index (χ1v) is 5.89. The van der Waals surface area contributed by atoms with Gasteiger partial charge in [-0.3, -0.25) is 9.36 Å². The van der Waals surface area contributed by atoms with E-state index in [-0.39, 0.29) is 5.91 Å². The zero-order valence-corrected chi connectivity index (χ0v) is 11.2. The van der Waals surface area contributed by atoms with Crippen LogP contribution in [0.25, 0.3) is 0 Å². The number of carbonyl (C=O) groups is 1. The largest absolute Gasteiger partial charge is 0.493 e. The number of hydrogen-bond donors (Lipinski definition) is 0. The Labute approximate surface area is 111 Å². The van der Waals surface area contributed by atoms with E-state index in [0.29, 0.717) is 11.5 Å². The van der Waals surface area contributed by atoms with Crippen LogP contribution in [0.2, 0.25) is 0 Å². The lowest BCUT2D eigenvalue weighted by Gasteiger charge is -2.25.